The molecule has 0 bridgehead atoms. The van der Waals surface area contributed by atoms with E-state index in [1.165, 1.54) is 26.5 Å². The number of nitrogens with one attached hydrogen (secondary N) is 1. The number of hydrazone groups is 1. The van der Waals surface area contributed by atoms with Gasteiger partial charge in [-0.1, -0.05) is 18.2 Å². The van der Waals surface area contributed by atoms with Crippen molar-refractivity contribution in [1.82, 2.24) is 5.43 Å². The number of methoxy groups -OCH3 is 2. The zero-order valence-electron chi connectivity index (χ0n) is 15.2. The van der Waals surface area contributed by atoms with Gasteiger partial charge in [-0.2, -0.15) is 5.10 Å². The fourth-order valence-corrected chi connectivity index (χ4v) is 3.13. The molecule has 0 unspecified atom stereocenters. The Morgan fingerprint density at radius 2 is 1.89 bits per heavy atom. The molecule has 9 heteroatoms. The van der Waals surface area contributed by atoms with E-state index in [0.29, 0.717) is 22.7 Å². The van der Waals surface area contributed by atoms with Gasteiger partial charge in [0.25, 0.3) is 5.91 Å². The van der Waals surface area contributed by atoms with Gasteiger partial charge in [-0.25, -0.2) is 13.8 Å². The van der Waals surface area contributed by atoms with Crippen molar-refractivity contribution < 1.29 is 22.7 Å². The van der Waals surface area contributed by atoms with Gasteiger partial charge < -0.3 is 9.47 Å². The van der Waals surface area contributed by atoms with Gasteiger partial charge in [-0.15, -0.1) is 0 Å². The number of carbonyl (C=O) groups is 1. The lowest BCUT2D eigenvalue weighted by atomic mass is 10.2. The monoisotopic (exact) mass is 391 g/mol. The Morgan fingerprint density at radius 3 is 2.56 bits per heavy atom. The van der Waals surface area contributed by atoms with E-state index >= 15 is 0 Å². The molecule has 0 spiro atoms. The van der Waals surface area contributed by atoms with Crippen LogP contribution in [0.2, 0.25) is 0 Å². The highest BCUT2D eigenvalue weighted by Gasteiger charge is 2.21. The van der Waals surface area contributed by atoms with Gasteiger partial charge in [0, 0.05) is 11.6 Å². The van der Waals surface area contributed by atoms with Crippen molar-refractivity contribution in [3.05, 3.63) is 54.1 Å². The Kier molecular flexibility index (Phi) is 6.78. The number of amides is 1. The van der Waals surface area contributed by atoms with Crippen molar-refractivity contribution in [2.24, 2.45) is 5.10 Å². The summed E-state index contributed by atoms with van der Waals surface area (Å²) >= 11 is 0. The summed E-state index contributed by atoms with van der Waals surface area (Å²) in [5, 5.41) is 3.86. The number of nitrogens with zero attached hydrogens (tertiary/aromatic N) is 2. The number of sulfonamides is 1. The molecule has 0 aliphatic heterocycles. The first-order valence-corrected chi connectivity index (χ1v) is 9.76. The van der Waals surface area contributed by atoms with Crippen LogP contribution in [0, 0.1) is 0 Å². The summed E-state index contributed by atoms with van der Waals surface area (Å²) in [6, 6.07) is 13.6. The highest BCUT2D eigenvalue weighted by Crippen LogP contribution is 2.22. The van der Waals surface area contributed by atoms with Crippen LogP contribution in [-0.4, -0.2) is 47.6 Å². The highest BCUT2D eigenvalue weighted by atomic mass is 32.2. The molecule has 1 N–H and O–H groups in total. The minimum Gasteiger partial charge on any atom is -0.497 e. The fraction of sp³-hybridized carbons (Fsp3) is 0.222. The molecule has 0 heterocycles. The second kappa shape index (κ2) is 9.04. The average molecular weight is 391 g/mol. The molecule has 0 saturated carbocycles. The van der Waals surface area contributed by atoms with Crippen LogP contribution in [0.5, 0.6) is 11.5 Å². The van der Waals surface area contributed by atoms with Gasteiger partial charge in [0.15, 0.2) is 0 Å². The number of ether oxygens (including phenoxy) is 2. The smallest absolute Gasteiger partial charge is 0.260 e. The minimum atomic E-state index is -3.68. The van der Waals surface area contributed by atoms with Crippen LogP contribution in [0.4, 0.5) is 5.69 Å². The number of anilines is 1. The molecule has 2 aromatic carbocycles. The molecule has 8 nitrogen and oxygen atoms in total. The predicted molar refractivity (Wildman–Crippen MR) is 104 cm³/mol. The third-order valence-corrected chi connectivity index (χ3v) is 4.70. The SMILES string of the molecule is COc1cccc(N(CC(=O)N/N=C\c2ccccc2OC)S(C)(=O)=O)c1. The molecule has 0 aliphatic rings. The molecule has 2 rings (SSSR count). The van der Waals surface area contributed by atoms with Crippen LogP contribution < -0.4 is 19.2 Å². The third-order valence-electron chi connectivity index (χ3n) is 3.56. The number of carbonyl (C=O) groups excluding carboxylic acids is 1. The van der Waals surface area contributed by atoms with Crippen LogP contribution >= 0.6 is 0 Å². The van der Waals surface area contributed by atoms with Crippen LogP contribution in [0.3, 0.4) is 0 Å². The Labute approximate surface area is 158 Å². The molecule has 0 fully saturated rings. The van der Waals surface area contributed by atoms with Gasteiger partial charge >= 0.3 is 0 Å². The van der Waals surface area contributed by atoms with Crippen molar-refractivity contribution in [2.45, 2.75) is 0 Å². The van der Waals surface area contributed by atoms with Gasteiger partial charge in [-0.05, 0) is 24.3 Å². The van der Waals surface area contributed by atoms with E-state index in [1.807, 2.05) is 6.07 Å². The summed E-state index contributed by atoms with van der Waals surface area (Å²) in [7, 11) is -0.674. The van der Waals surface area contributed by atoms with Crippen LogP contribution in [0.1, 0.15) is 5.56 Å². The Balaban J connectivity index is 2.11. The summed E-state index contributed by atoms with van der Waals surface area (Å²) in [6.45, 7) is -0.421. The molecule has 0 saturated heterocycles. The lowest BCUT2D eigenvalue weighted by molar-refractivity contribution is -0.119. The number of hydrogen-bond donors (Lipinski definition) is 1. The maximum atomic E-state index is 12.2. The van der Waals surface area contributed by atoms with E-state index < -0.39 is 22.5 Å². The average Bonchev–Trinajstić information content (AvgIpc) is 2.65. The Hall–Kier alpha value is -3.07. The van der Waals surface area contributed by atoms with Crippen molar-refractivity contribution in [3.8, 4) is 11.5 Å². The van der Waals surface area contributed by atoms with Crippen molar-refractivity contribution in [2.75, 3.05) is 31.3 Å². The standard InChI is InChI=1S/C18H21N3O5S/c1-25-16-9-6-8-15(11-16)21(27(3,23)24)13-18(22)20-19-12-14-7-4-5-10-17(14)26-2/h4-12H,13H2,1-3H3,(H,20,22)/b19-12-. The van der Waals surface area contributed by atoms with Crippen molar-refractivity contribution in [3.63, 3.8) is 0 Å². The molecule has 27 heavy (non-hydrogen) atoms. The van der Waals surface area contributed by atoms with E-state index in [4.69, 9.17) is 9.47 Å². The summed E-state index contributed by atoms with van der Waals surface area (Å²) < 4.78 is 35.5. The predicted octanol–water partition coefficient (Wildman–Crippen LogP) is 1.62. The van der Waals surface area contributed by atoms with Gasteiger partial charge in [0.2, 0.25) is 10.0 Å². The molecule has 1 amide bonds. The summed E-state index contributed by atoms with van der Waals surface area (Å²) in [5.41, 5.74) is 3.32. The third kappa shape index (κ3) is 5.71. The minimum absolute atomic E-state index is 0.320. The summed E-state index contributed by atoms with van der Waals surface area (Å²) in [5.74, 6) is 0.495. The number of rotatable bonds is 8. The van der Waals surface area contributed by atoms with E-state index in [0.717, 1.165) is 10.6 Å². The first-order chi connectivity index (χ1) is 12.8. The van der Waals surface area contributed by atoms with Gasteiger partial charge in [0.1, 0.15) is 18.0 Å². The molecule has 0 aliphatic carbocycles. The molecular formula is C18H21N3O5S. The second-order valence-electron chi connectivity index (χ2n) is 5.51. The first kappa shape index (κ1) is 20.2. The normalized spacial score (nSPS) is 11.2. The quantitative estimate of drug-likeness (QED) is 0.545. The van der Waals surface area contributed by atoms with Crippen LogP contribution in [0.25, 0.3) is 0 Å². The lowest BCUT2D eigenvalue weighted by Crippen LogP contribution is -2.39. The second-order valence-corrected chi connectivity index (χ2v) is 7.41. The van der Waals surface area contributed by atoms with E-state index in [1.54, 1.807) is 36.4 Å². The molecule has 144 valence electrons. The zero-order valence-corrected chi connectivity index (χ0v) is 16.1. The molecule has 0 radical (unpaired) electrons. The summed E-state index contributed by atoms with van der Waals surface area (Å²) in [6.07, 6.45) is 2.45. The number of benzene rings is 2. The largest absolute Gasteiger partial charge is 0.497 e. The fourth-order valence-electron chi connectivity index (χ4n) is 2.28. The van der Waals surface area contributed by atoms with E-state index in [9.17, 15) is 13.2 Å². The van der Waals surface area contributed by atoms with Crippen molar-refractivity contribution in [1.29, 1.82) is 0 Å². The van der Waals surface area contributed by atoms with Gasteiger partial charge in [-0.3, -0.25) is 9.10 Å². The first-order valence-electron chi connectivity index (χ1n) is 7.92. The van der Waals surface area contributed by atoms with Crippen LogP contribution in [-0.2, 0) is 14.8 Å². The van der Waals surface area contributed by atoms with Crippen molar-refractivity contribution >= 4 is 27.8 Å². The molecule has 0 atom stereocenters. The Bertz CT molecular complexity index is 928. The Morgan fingerprint density at radius 1 is 1.15 bits per heavy atom. The zero-order chi connectivity index (χ0) is 19.9. The molecular weight excluding hydrogens is 370 g/mol. The maximum Gasteiger partial charge on any atom is 0.260 e. The van der Waals surface area contributed by atoms with Gasteiger partial charge in [0.05, 0.1) is 32.4 Å². The summed E-state index contributed by atoms with van der Waals surface area (Å²) in [4.78, 5) is 12.2. The van der Waals surface area contributed by atoms with E-state index in [-0.39, 0.29) is 0 Å². The van der Waals surface area contributed by atoms with Crippen LogP contribution in [0.15, 0.2) is 53.6 Å². The number of para-hydroxylation sites is 1. The number of hydrogen-bond acceptors (Lipinski definition) is 6. The van der Waals surface area contributed by atoms with E-state index in [2.05, 4.69) is 10.5 Å². The topological polar surface area (TPSA) is 97.3 Å². The molecule has 0 aromatic heterocycles. The molecule has 2 aromatic rings. The highest BCUT2D eigenvalue weighted by molar-refractivity contribution is 7.92. The maximum absolute atomic E-state index is 12.2. The lowest BCUT2D eigenvalue weighted by Gasteiger charge is -2.21.